The van der Waals surface area contributed by atoms with Crippen molar-refractivity contribution in [2.45, 2.75) is 44.3 Å². The fourth-order valence-electron chi connectivity index (χ4n) is 5.58. The maximum absolute atomic E-state index is 14.2. The average molecular weight is 502 g/mol. The summed E-state index contributed by atoms with van der Waals surface area (Å²) in [5, 5.41) is 3.46. The number of fused-ring (bicyclic) bond motifs is 3. The minimum atomic E-state index is -0.999. The van der Waals surface area contributed by atoms with Gasteiger partial charge in [0.1, 0.15) is 23.0 Å². The molecule has 0 aliphatic carbocycles. The van der Waals surface area contributed by atoms with E-state index in [1.165, 1.54) is 15.9 Å². The van der Waals surface area contributed by atoms with E-state index in [1.54, 1.807) is 25.2 Å². The fourth-order valence-corrected chi connectivity index (χ4v) is 5.58. The molecule has 1 fully saturated rings. The van der Waals surface area contributed by atoms with Crippen LogP contribution in [0.25, 0.3) is 15.7 Å². The lowest BCUT2D eigenvalue weighted by Crippen LogP contribution is -2.51. The van der Waals surface area contributed by atoms with Crippen LogP contribution in [0.1, 0.15) is 42.7 Å². The number of nitrogens with one attached hydrogen (secondary N) is 2. The third-order valence-electron chi connectivity index (χ3n) is 7.49. The van der Waals surface area contributed by atoms with Crippen LogP contribution >= 0.6 is 0 Å². The molecule has 0 bridgehead atoms. The average Bonchev–Trinajstić information content (AvgIpc) is 3.56. The molecule has 1 spiro atoms. The first-order valence-corrected chi connectivity index (χ1v) is 12.3. The number of benzene rings is 2. The second kappa shape index (κ2) is 9.04. The van der Waals surface area contributed by atoms with Crippen molar-refractivity contribution in [3.63, 3.8) is 0 Å². The summed E-state index contributed by atoms with van der Waals surface area (Å²) in [4.78, 5) is 49.9. The minimum Gasteiger partial charge on any atom is -0.348 e. The molecule has 0 unspecified atom stereocenters. The molecule has 2 aliphatic rings. The van der Waals surface area contributed by atoms with E-state index in [-0.39, 0.29) is 41.9 Å². The standard InChI is InChI=1S/C28H28FN5O3/c1-16(2)12-22(33(4)25(35)21-13-17-8-7-10-19(29)24(17)31-21)26(36)34-15-28(14-23(34)30-3)18-9-5-6-11-20(18)32-27(28)37/h5-11,13,16,22-23,31H,12,14-15H2,1-2,4H3,(H,32,37)/t22-,23-,28-/m0/s1. The molecule has 37 heavy (non-hydrogen) atoms. The highest BCUT2D eigenvalue weighted by Gasteiger charge is 2.59. The van der Waals surface area contributed by atoms with Crippen LogP contribution in [0.15, 0.2) is 48.5 Å². The lowest BCUT2D eigenvalue weighted by atomic mass is 9.80. The highest BCUT2D eigenvalue weighted by molar-refractivity contribution is 6.07. The van der Waals surface area contributed by atoms with Crippen molar-refractivity contribution in [3.05, 3.63) is 77.0 Å². The summed E-state index contributed by atoms with van der Waals surface area (Å²) in [6.45, 7) is 11.8. The number of para-hydroxylation sites is 2. The summed E-state index contributed by atoms with van der Waals surface area (Å²) in [6.07, 6.45) is -0.268. The number of carbonyl (C=O) groups is 3. The third kappa shape index (κ3) is 3.93. The number of amides is 3. The molecule has 2 aromatic carbocycles. The van der Waals surface area contributed by atoms with Crippen LogP contribution in [0.4, 0.5) is 10.1 Å². The summed E-state index contributed by atoms with van der Waals surface area (Å²) in [6, 6.07) is 12.6. The van der Waals surface area contributed by atoms with Gasteiger partial charge < -0.3 is 15.2 Å². The van der Waals surface area contributed by atoms with Crippen LogP contribution in [0.3, 0.4) is 0 Å². The van der Waals surface area contributed by atoms with Crippen LogP contribution in [-0.2, 0) is 15.0 Å². The normalized spacial score (nSPS) is 21.2. The monoisotopic (exact) mass is 501 g/mol. The van der Waals surface area contributed by atoms with E-state index in [1.807, 2.05) is 38.1 Å². The molecular formula is C28H28FN5O3. The highest BCUT2D eigenvalue weighted by atomic mass is 19.1. The molecule has 5 rings (SSSR count). The number of aromatic nitrogens is 1. The molecule has 1 aromatic heterocycles. The smallest absolute Gasteiger partial charge is 0.302 e. The Morgan fingerprint density at radius 3 is 2.70 bits per heavy atom. The number of anilines is 1. The molecule has 0 saturated carbocycles. The molecule has 0 radical (unpaired) electrons. The Hall–Kier alpha value is -4.19. The van der Waals surface area contributed by atoms with Gasteiger partial charge in [-0.15, -0.1) is 0 Å². The number of halogens is 1. The first-order chi connectivity index (χ1) is 17.7. The number of likely N-dealkylation sites (N-methyl/N-ethyl adjacent to an activating group) is 1. The van der Waals surface area contributed by atoms with Gasteiger partial charge in [0.2, 0.25) is 5.91 Å². The molecule has 8 nitrogen and oxygen atoms in total. The van der Waals surface area contributed by atoms with E-state index in [9.17, 15) is 18.8 Å². The van der Waals surface area contributed by atoms with E-state index in [0.29, 0.717) is 17.5 Å². The molecule has 190 valence electrons. The van der Waals surface area contributed by atoms with E-state index >= 15 is 0 Å². The summed E-state index contributed by atoms with van der Waals surface area (Å²) < 4.78 is 14.2. The minimum absolute atomic E-state index is 0.0654. The molecule has 3 heterocycles. The van der Waals surface area contributed by atoms with Gasteiger partial charge in [-0.05, 0) is 36.1 Å². The van der Waals surface area contributed by atoms with Crippen LogP contribution in [-0.4, -0.2) is 58.3 Å². The predicted molar refractivity (Wildman–Crippen MR) is 137 cm³/mol. The zero-order valence-electron chi connectivity index (χ0n) is 20.9. The van der Waals surface area contributed by atoms with Crippen molar-refractivity contribution in [1.29, 1.82) is 0 Å². The summed E-state index contributed by atoms with van der Waals surface area (Å²) in [5.74, 6) is -1.44. The number of aromatic amines is 1. The number of carbonyl (C=O) groups excluding carboxylic acids is 3. The Bertz CT molecular complexity index is 1460. The van der Waals surface area contributed by atoms with E-state index in [4.69, 9.17) is 6.57 Å². The van der Waals surface area contributed by atoms with Crippen molar-refractivity contribution in [2.75, 3.05) is 18.9 Å². The Morgan fingerprint density at radius 2 is 2.00 bits per heavy atom. The first-order valence-electron chi connectivity index (χ1n) is 12.3. The van der Waals surface area contributed by atoms with Crippen LogP contribution < -0.4 is 5.32 Å². The predicted octanol–water partition coefficient (Wildman–Crippen LogP) is 4.16. The van der Waals surface area contributed by atoms with E-state index in [2.05, 4.69) is 15.1 Å². The number of hydrogen-bond acceptors (Lipinski definition) is 3. The Labute approximate surface area is 214 Å². The second-order valence-electron chi connectivity index (χ2n) is 10.3. The summed E-state index contributed by atoms with van der Waals surface area (Å²) in [5.41, 5.74) is 0.886. The zero-order chi connectivity index (χ0) is 26.5. The van der Waals surface area contributed by atoms with Gasteiger partial charge in [-0.3, -0.25) is 24.1 Å². The van der Waals surface area contributed by atoms with Crippen molar-refractivity contribution >= 4 is 34.3 Å². The van der Waals surface area contributed by atoms with Crippen LogP contribution in [0.2, 0.25) is 0 Å². The third-order valence-corrected chi connectivity index (χ3v) is 7.49. The van der Waals surface area contributed by atoms with Crippen molar-refractivity contribution in [2.24, 2.45) is 5.92 Å². The number of hydrogen-bond donors (Lipinski definition) is 2. The molecule has 9 heteroatoms. The molecular weight excluding hydrogens is 473 g/mol. The van der Waals surface area contributed by atoms with E-state index in [0.717, 1.165) is 5.56 Å². The van der Waals surface area contributed by atoms with Crippen molar-refractivity contribution in [3.8, 4) is 0 Å². The van der Waals surface area contributed by atoms with Crippen LogP contribution in [0, 0.1) is 18.3 Å². The fraction of sp³-hybridized carbons (Fsp3) is 0.357. The number of H-pyrrole nitrogens is 1. The maximum atomic E-state index is 14.2. The maximum Gasteiger partial charge on any atom is 0.302 e. The molecule has 1 saturated heterocycles. The van der Waals surface area contributed by atoms with Crippen molar-refractivity contribution in [1.82, 2.24) is 14.8 Å². The molecule has 3 amide bonds. The quantitative estimate of drug-likeness (QED) is 0.515. The van der Waals surface area contributed by atoms with Gasteiger partial charge in [-0.25, -0.2) is 11.0 Å². The first kappa shape index (κ1) is 24.5. The Kier molecular flexibility index (Phi) is 5.98. The van der Waals surface area contributed by atoms with Gasteiger partial charge in [0.15, 0.2) is 0 Å². The number of nitrogens with zero attached hydrogens (tertiary/aromatic N) is 3. The summed E-state index contributed by atoms with van der Waals surface area (Å²) in [7, 11) is 1.55. The lowest BCUT2D eigenvalue weighted by molar-refractivity contribution is -0.136. The second-order valence-corrected chi connectivity index (χ2v) is 10.3. The Morgan fingerprint density at radius 1 is 1.24 bits per heavy atom. The largest absolute Gasteiger partial charge is 0.348 e. The lowest BCUT2D eigenvalue weighted by Gasteiger charge is -2.32. The molecule has 2 aliphatic heterocycles. The highest BCUT2D eigenvalue weighted by Crippen LogP contribution is 2.47. The Balaban J connectivity index is 1.46. The van der Waals surface area contributed by atoms with Gasteiger partial charge in [-0.2, -0.15) is 0 Å². The topological polar surface area (TPSA) is 89.9 Å². The molecule has 2 N–H and O–H groups in total. The van der Waals surface area contributed by atoms with Gasteiger partial charge in [-0.1, -0.05) is 44.2 Å². The SMILES string of the molecule is [C-]#[N+][C@@H]1C[C@@]2(CN1C(=O)[C@H](CC(C)C)N(C)C(=O)c1cc3cccc(F)c3[nH]1)C(=O)Nc1ccccc12. The van der Waals surface area contributed by atoms with Gasteiger partial charge >= 0.3 is 6.17 Å². The van der Waals surface area contributed by atoms with Crippen molar-refractivity contribution < 1.29 is 18.8 Å². The van der Waals surface area contributed by atoms with Gasteiger partial charge in [0.25, 0.3) is 11.8 Å². The van der Waals surface area contributed by atoms with Gasteiger partial charge in [0.05, 0.1) is 11.9 Å². The number of likely N-dealkylation sites (tertiary alicyclic amines) is 1. The summed E-state index contributed by atoms with van der Waals surface area (Å²) >= 11 is 0. The van der Waals surface area contributed by atoms with Crippen LogP contribution in [0.5, 0.6) is 0 Å². The van der Waals surface area contributed by atoms with Gasteiger partial charge in [0, 0.05) is 24.7 Å². The number of rotatable bonds is 5. The molecule has 3 aromatic rings. The molecule has 3 atom stereocenters. The van der Waals surface area contributed by atoms with E-state index < -0.39 is 29.3 Å². The zero-order valence-corrected chi connectivity index (χ0v) is 20.9.